The highest BCUT2D eigenvalue weighted by Crippen LogP contribution is 2.59. The fourth-order valence-corrected chi connectivity index (χ4v) is 13.2. The first-order valence-corrected chi connectivity index (χ1v) is 22.9. The zero-order valence-electron chi connectivity index (χ0n) is 33.7. The van der Waals surface area contributed by atoms with E-state index in [1.165, 1.54) is 7.11 Å². The molecule has 57 heavy (non-hydrogen) atoms. The number of benzene rings is 2. The van der Waals surface area contributed by atoms with Crippen molar-refractivity contribution in [2.45, 2.75) is 99.6 Å². The molecule has 6 N–H and O–H groups in total. The van der Waals surface area contributed by atoms with E-state index in [0.29, 0.717) is 61.3 Å². The maximum Gasteiger partial charge on any atom is 0.196 e. The number of aromatic hydroxyl groups is 2. The van der Waals surface area contributed by atoms with E-state index in [-0.39, 0.29) is 45.7 Å². The van der Waals surface area contributed by atoms with Gasteiger partial charge < -0.3 is 45.5 Å². The van der Waals surface area contributed by atoms with Crippen molar-refractivity contribution in [1.82, 2.24) is 10.6 Å². The average Bonchev–Trinajstić information content (AvgIpc) is 3.90. The Labute approximate surface area is 345 Å². The molecule has 3 saturated carbocycles. The second kappa shape index (κ2) is 17.9. The van der Waals surface area contributed by atoms with Crippen LogP contribution in [0.15, 0.2) is 59.6 Å². The molecule has 4 aliphatic carbocycles. The van der Waals surface area contributed by atoms with Gasteiger partial charge in [0, 0.05) is 37.8 Å². The number of aliphatic imine (C=N–C) groups is 1. The lowest BCUT2D eigenvalue weighted by molar-refractivity contribution is -0.127. The minimum absolute atomic E-state index is 0.0270. The highest BCUT2D eigenvalue weighted by Gasteiger charge is 2.57. The smallest absolute Gasteiger partial charge is 0.196 e. The number of anilines is 1. The van der Waals surface area contributed by atoms with Crippen molar-refractivity contribution in [1.29, 1.82) is 0 Å². The number of guanidine groups is 1. The van der Waals surface area contributed by atoms with Crippen LogP contribution in [0.25, 0.3) is 0 Å². The number of nitrogens with zero attached hydrogens (tertiary/aromatic N) is 1. The Kier molecular flexibility index (Phi) is 13.1. The highest BCUT2D eigenvalue weighted by molar-refractivity contribution is 8.77. The van der Waals surface area contributed by atoms with Crippen molar-refractivity contribution in [3.63, 3.8) is 0 Å². The number of carbonyl (C=O) groups is 1. The van der Waals surface area contributed by atoms with Gasteiger partial charge >= 0.3 is 0 Å². The summed E-state index contributed by atoms with van der Waals surface area (Å²) in [6, 6.07) is 9.55. The van der Waals surface area contributed by atoms with Gasteiger partial charge in [0.05, 0.1) is 18.7 Å². The van der Waals surface area contributed by atoms with Gasteiger partial charge in [-0.2, -0.15) is 0 Å². The lowest BCUT2D eigenvalue weighted by Crippen LogP contribution is -2.46. The van der Waals surface area contributed by atoms with Crippen LogP contribution in [0.4, 0.5) is 5.69 Å². The van der Waals surface area contributed by atoms with Crippen LogP contribution >= 0.6 is 21.6 Å². The maximum atomic E-state index is 15.0. The van der Waals surface area contributed by atoms with Crippen LogP contribution in [0.2, 0.25) is 0 Å². The standard InChI is InChI=1S/C44H60N4O7S2/c1-45-26-43(19-15-29(24-43)21-39(51)54-4)55-36-23-31-22-33(40(36)52)48-41(46-2)47-27-56-57-37-14-11-30-10-12-32(37)44(30,25-28-9-13-34(49)35(20-28)53-3)38(50)8-7-18-42(31)16-5-6-17-42/h7-9,11,13-14,20,22-23,29-30,32,37,39,45,49,51-52H,5-6,10,12,15-19,21,24-27H2,1-4H3,(H2,46,47,48). The maximum absolute atomic E-state index is 15.0. The summed E-state index contributed by atoms with van der Waals surface area (Å²) in [6.07, 6.45) is 17.8. The Balaban J connectivity index is 1.27. The van der Waals surface area contributed by atoms with E-state index in [4.69, 9.17) is 14.2 Å². The third-order valence-corrected chi connectivity index (χ3v) is 16.1. The normalized spacial score (nSPS) is 30.9. The van der Waals surface area contributed by atoms with Crippen molar-refractivity contribution in [3.8, 4) is 23.0 Å². The Morgan fingerprint density at radius 3 is 2.63 bits per heavy atom. The molecule has 0 aromatic heterocycles. The molecule has 0 amide bonds. The number of methoxy groups -OCH3 is 2. The summed E-state index contributed by atoms with van der Waals surface area (Å²) >= 11 is 0. The molecule has 6 bridgehead atoms. The third-order valence-electron chi connectivity index (χ3n) is 13.5. The Bertz CT molecular complexity index is 1850. The number of hydrogen-bond donors (Lipinski definition) is 6. The number of allylic oxidation sites excluding steroid dienone is 3. The molecule has 7 rings (SSSR count). The van der Waals surface area contributed by atoms with Gasteiger partial charge in [0.1, 0.15) is 5.60 Å². The molecule has 1 spiro atoms. The van der Waals surface area contributed by atoms with Crippen LogP contribution < -0.4 is 25.4 Å². The minimum atomic E-state index is -0.826. The molecule has 1 aliphatic heterocycles. The summed E-state index contributed by atoms with van der Waals surface area (Å²) in [5, 5.41) is 43.0. The van der Waals surface area contributed by atoms with Crippen LogP contribution in [0.1, 0.15) is 81.8 Å². The largest absolute Gasteiger partial charge is 0.504 e. The van der Waals surface area contributed by atoms with Gasteiger partial charge in [-0.1, -0.05) is 58.7 Å². The summed E-state index contributed by atoms with van der Waals surface area (Å²) < 4.78 is 17.6. The first kappa shape index (κ1) is 41.8. The molecule has 3 fully saturated rings. The Hall–Kier alpha value is -3.36. The molecule has 310 valence electrons. The van der Waals surface area contributed by atoms with Gasteiger partial charge in [-0.25, -0.2) is 0 Å². The van der Waals surface area contributed by atoms with Crippen LogP contribution in [0.5, 0.6) is 23.0 Å². The summed E-state index contributed by atoms with van der Waals surface area (Å²) in [7, 11) is 10.2. The number of likely N-dealkylation sites (N-methyl/N-ethyl adjacent to an activating group) is 1. The number of nitrogens with one attached hydrogen (secondary N) is 3. The van der Waals surface area contributed by atoms with Crippen molar-refractivity contribution >= 4 is 39.0 Å². The molecule has 7 unspecified atom stereocenters. The van der Waals surface area contributed by atoms with Crippen LogP contribution in [-0.2, 0) is 21.4 Å². The number of carbonyl (C=O) groups excluding carboxylic acids is 1. The minimum Gasteiger partial charge on any atom is -0.504 e. The molecule has 13 heteroatoms. The van der Waals surface area contributed by atoms with E-state index in [1.807, 2.05) is 37.4 Å². The zero-order valence-corrected chi connectivity index (χ0v) is 35.4. The predicted molar refractivity (Wildman–Crippen MR) is 229 cm³/mol. The quantitative estimate of drug-likeness (QED) is 0.0611. The van der Waals surface area contributed by atoms with Crippen LogP contribution in [0.3, 0.4) is 0 Å². The van der Waals surface area contributed by atoms with Crippen molar-refractivity contribution < 1.29 is 34.3 Å². The molecule has 0 saturated heterocycles. The summed E-state index contributed by atoms with van der Waals surface area (Å²) in [6.45, 7) is 0.587. The number of phenols is 2. The molecule has 7 atom stereocenters. The number of phenolic OH excluding ortho intramolecular Hbond substituents is 2. The molecular formula is C44H60N4O7S2. The van der Waals surface area contributed by atoms with Crippen LogP contribution in [-0.4, -0.2) is 84.9 Å². The fraction of sp³-hybridized carbons (Fsp3) is 0.591. The summed E-state index contributed by atoms with van der Waals surface area (Å²) in [4.78, 5) is 19.5. The zero-order chi connectivity index (χ0) is 40.2. The van der Waals surface area contributed by atoms with E-state index in [1.54, 1.807) is 41.8 Å². The second-order valence-corrected chi connectivity index (χ2v) is 19.3. The lowest BCUT2D eigenvalue weighted by atomic mass is 9.62. The molecule has 5 aliphatic rings. The summed E-state index contributed by atoms with van der Waals surface area (Å²) in [5.74, 6) is 2.67. The Morgan fingerprint density at radius 2 is 1.88 bits per heavy atom. The topological polar surface area (TPSA) is 154 Å². The second-order valence-electron chi connectivity index (χ2n) is 16.8. The van der Waals surface area contributed by atoms with E-state index < -0.39 is 17.3 Å². The number of ether oxygens (including phenoxy) is 3. The molecule has 2 aromatic carbocycles. The van der Waals surface area contributed by atoms with Crippen LogP contribution in [0, 0.1) is 23.2 Å². The fourth-order valence-electron chi connectivity index (χ4n) is 10.7. The van der Waals surface area contributed by atoms with Crippen molar-refractivity contribution in [2.75, 3.05) is 46.1 Å². The van der Waals surface area contributed by atoms with Gasteiger partial charge in [0.25, 0.3) is 0 Å². The van der Waals surface area contributed by atoms with E-state index in [2.05, 4.69) is 39.2 Å². The van der Waals surface area contributed by atoms with Gasteiger partial charge in [-0.15, -0.1) is 0 Å². The SMILES string of the molecule is CN=C1NCSSC2C=CC3CCC2C3(Cc2ccc(O)c(OC)c2)C(=O)C=CCC2(CCCC2)c2cc(c(O)c(OC3(CNC)CCC(CC(O)OC)C3)c2)N1. The Morgan fingerprint density at radius 1 is 1.05 bits per heavy atom. The van der Waals surface area contributed by atoms with E-state index >= 15 is 4.79 Å². The number of aliphatic hydroxyl groups is 1. The number of rotatable bonds is 10. The molecule has 11 nitrogen and oxygen atoms in total. The number of aliphatic hydroxyl groups excluding tert-OH is 1. The first-order valence-electron chi connectivity index (χ1n) is 20.5. The summed E-state index contributed by atoms with van der Waals surface area (Å²) in [5.41, 5.74) is 1.09. The van der Waals surface area contributed by atoms with Gasteiger partial charge in [-0.05, 0) is 129 Å². The van der Waals surface area contributed by atoms with E-state index in [0.717, 1.165) is 62.5 Å². The number of fused-ring (bicyclic) bond motifs is 3. The van der Waals surface area contributed by atoms with Crippen molar-refractivity contribution in [2.24, 2.45) is 28.2 Å². The monoisotopic (exact) mass is 820 g/mol. The molecule has 0 radical (unpaired) electrons. The first-order chi connectivity index (χ1) is 27.6. The van der Waals surface area contributed by atoms with Gasteiger partial charge in [0.2, 0.25) is 0 Å². The molecule has 2 aromatic rings. The lowest BCUT2D eigenvalue weighted by Gasteiger charge is -2.43. The molecule has 1 heterocycles. The average molecular weight is 821 g/mol. The highest BCUT2D eigenvalue weighted by atomic mass is 33.1. The predicted octanol–water partition coefficient (Wildman–Crippen LogP) is 7.46. The van der Waals surface area contributed by atoms with Crippen molar-refractivity contribution in [3.05, 3.63) is 65.8 Å². The van der Waals surface area contributed by atoms with Gasteiger partial charge in [-0.3, -0.25) is 9.79 Å². The van der Waals surface area contributed by atoms with Gasteiger partial charge in [0.15, 0.2) is 41.0 Å². The molecular weight excluding hydrogens is 761 g/mol. The third kappa shape index (κ3) is 8.55. The number of ketones is 1. The van der Waals surface area contributed by atoms with E-state index in [9.17, 15) is 15.3 Å². The number of hydrogen-bond acceptors (Lipinski definition) is 11.